The quantitative estimate of drug-likeness (QED) is 0.359. The van der Waals surface area contributed by atoms with Crippen molar-refractivity contribution < 1.29 is 5.11 Å². The van der Waals surface area contributed by atoms with E-state index in [0.29, 0.717) is 5.82 Å². The predicted molar refractivity (Wildman–Crippen MR) is 125 cm³/mol. The zero-order chi connectivity index (χ0) is 21.0. The van der Waals surface area contributed by atoms with Crippen molar-refractivity contribution in [3.8, 4) is 50.8 Å². The monoisotopic (exact) mass is 400 g/mol. The van der Waals surface area contributed by atoms with Gasteiger partial charge in [-0.2, -0.15) is 0 Å². The molecule has 0 saturated carbocycles. The van der Waals surface area contributed by atoms with E-state index in [1.54, 1.807) is 12.1 Å². The Bertz CT molecular complexity index is 1260. The lowest BCUT2D eigenvalue weighted by molar-refractivity contribution is 0.475. The summed E-state index contributed by atoms with van der Waals surface area (Å²) in [5, 5.41) is 10.2. The third-order valence-electron chi connectivity index (χ3n) is 5.19. The number of benzene rings is 4. The van der Waals surface area contributed by atoms with Gasteiger partial charge in [-0.25, -0.2) is 9.97 Å². The molecule has 5 rings (SSSR count). The van der Waals surface area contributed by atoms with Crippen LogP contribution in [0.3, 0.4) is 0 Å². The SMILES string of the molecule is Oc1ccc(-c2cc(-c3ccccc3)nc(-c3ccccc3)n2)c(-c2ccccc2)c1. The summed E-state index contributed by atoms with van der Waals surface area (Å²) in [5.74, 6) is 0.896. The fraction of sp³-hybridized carbons (Fsp3) is 0. The van der Waals surface area contributed by atoms with E-state index in [0.717, 1.165) is 39.2 Å². The number of rotatable bonds is 4. The molecule has 1 heterocycles. The molecular formula is C28H20N2O. The summed E-state index contributed by atoms with van der Waals surface area (Å²) in [7, 11) is 0. The molecule has 1 N–H and O–H groups in total. The summed E-state index contributed by atoms with van der Waals surface area (Å²) in [5.41, 5.74) is 6.56. The van der Waals surface area contributed by atoms with Crippen molar-refractivity contribution in [1.82, 2.24) is 9.97 Å². The van der Waals surface area contributed by atoms with Gasteiger partial charge in [0.2, 0.25) is 0 Å². The molecular weight excluding hydrogens is 380 g/mol. The molecule has 0 aliphatic heterocycles. The number of hydrogen-bond acceptors (Lipinski definition) is 3. The normalized spacial score (nSPS) is 10.7. The van der Waals surface area contributed by atoms with E-state index >= 15 is 0 Å². The van der Waals surface area contributed by atoms with Crippen molar-refractivity contribution in [2.24, 2.45) is 0 Å². The van der Waals surface area contributed by atoms with Gasteiger partial charge >= 0.3 is 0 Å². The van der Waals surface area contributed by atoms with Crippen molar-refractivity contribution in [3.05, 3.63) is 115 Å². The second-order valence-electron chi connectivity index (χ2n) is 7.29. The number of hydrogen-bond donors (Lipinski definition) is 1. The molecule has 0 atom stereocenters. The van der Waals surface area contributed by atoms with E-state index < -0.39 is 0 Å². The molecule has 3 heteroatoms. The number of nitrogens with zero attached hydrogens (tertiary/aromatic N) is 2. The van der Waals surface area contributed by atoms with Crippen LogP contribution in [0.15, 0.2) is 115 Å². The number of phenolic OH excluding ortho intramolecular Hbond substituents is 1. The fourth-order valence-corrected chi connectivity index (χ4v) is 3.67. The molecule has 3 nitrogen and oxygen atoms in total. The van der Waals surface area contributed by atoms with Crippen molar-refractivity contribution in [2.45, 2.75) is 0 Å². The maximum atomic E-state index is 10.2. The lowest BCUT2D eigenvalue weighted by atomic mass is 9.96. The van der Waals surface area contributed by atoms with Gasteiger partial charge in [-0.05, 0) is 35.4 Å². The van der Waals surface area contributed by atoms with Crippen LogP contribution in [0.2, 0.25) is 0 Å². The Morgan fingerprint density at radius 1 is 0.452 bits per heavy atom. The molecule has 0 unspecified atom stereocenters. The molecule has 0 aliphatic rings. The molecule has 1 aromatic heterocycles. The summed E-state index contributed by atoms with van der Waals surface area (Å²) in [4.78, 5) is 9.78. The van der Waals surface area contributed by atoms with Gasteiger partial charge < -0.3 is 5.11 Å². The third-order valence-corrected chi connectivity index (χ3v) is 5.19. The van der Waals surface area contributed by atoms with Crippen LogP contribution < -0.4 is 0 Å². The smallest absolute Gasteiger partial charge is 0.160 e. The van der Waals surface area contributed by atoms with Gasteiger partial charge in [-0.15, -0.1) is 0 Å². The van der Waals surface area contributed by atoms with Gasteiger partial charge in [-0.1, -0.05) is 91.0 Å². The Balaban J connectivity index is 1.75. The van der Waals surface area contributed by atoms with E-state index in [1.807, 2.05) is 91.0 Å². The number of aromatic nitrogens is 2. The molecule has 0 amide bonds. The van der Waals surface area contributed by atoms with Crippen molar-refractivity contribution >= 4 is 0 Å². The summed E-state index contributed by atoms with van der Waals surface area (Å²) in [6, 6.07) is 37.6. The molecule has 148 valence electrons. The minimum atomic E-state index is 0.225. The first-order valence-corrected chi connectivity index (χ1v) is 10.2. The van der Waals surface area contributed by atoms with Gasteiger partial charge in [0.1, 0.15) is 5.75 Å². The van der Waals surface area contributed by atoms with Crippen LogP contribution in [0, 0.1) is 0 Å². The highest BCUT2D eigenvalue weighted by molar-refractivity contribution is 5.84. The predicted octanol–water partition coefficient (Wildman–Crippen LogP) is 6.85. The molecule has 0 spiro atoms. The molecule has 0 radical (unpaired) electrons. The topological polar surface area (TPSA) is 46.0 Å². The maximum Gasteiger partial charge on any atom is 0.160 e. The largest absolute Gasteiger partial charge is 0.508 e. The number of aromatic hydroxyl groups is 1. The van der Waals surface area contributed by atoms with Crippen LogP contribution in [0.25, 0.3) is 45.0 Å². The average molecular weight is 400 g/mol. The minimum absolute atomic E-state index is 0.225. The molecule has 4 aromatic carbocycles. The zero-order valence-corrected chi connectivity index (χ0v) is 16.8. The average Bonchev–Trinajstić information content (AvgIpc) is 2.85. The summed E-state index contributed by atoms with van der Waals surface area (Å²) >= 11 is 0. The van der Waals surface area contributed by atoms with Crippen molar-refractivity contribution in [1.29, 1.82) is 0 Å². The number of phenols is 1. The first kappa shape index (κ1) is 18.8. The van der Waals surface area contributed by atoms with E-state index in [2.05, 4.69) is 12.1 Å². The highest BCUT2D eigenvalue weighted by Gasteiger charge is 2.14. The van der Waals surface area contributed by atoms with Crippen LogP contribution in [0.1, 0.15) is 0 Å². The standard InChI is InChI=1S/C28H20N2O/c31-23-16-17-24(25(18-23)20-10-4-1-5-11-20)27-19-26(21-12-6-2-7-13-21)29-28(30-27)22-14-8-3-9-15-22/h1-19,31H. The summed E-state index contributed by atoms with van der Waals surface area (Å²) in [6.07, 6.45) is 0. The minimum Gasteiger partial charge on any atom is -0.508 e. The molecule has 31 heavy (non-hydrogen) atoms. The van der Waals surface area contributed by atoms with E-state index in [9.17, 15) is 5.11 Å². The van der Waals surface area contributed by atoms with Crippen LogP contribution >= 0.6 is 0 Å². The molecule has 5 aromatic rings. The molecule has 0 fully saturated rings. The van der Waals surface area contributed by atoms with Gasteiger partial charge in [0.05, 0.1) is 11.4 Å². The van der Waals surface area contributed by atoms with Crippen LogP contribution in [-0.2, 0) is 0 Å². The van der Waals surface area contributed by atoms with Crippen LogP contribution in [0.4, 0.5) is 0 Å². The highest BCUT2D eigenvalue weighted by atomic mass is 16.3. The van der Waals surface area contributed by atoms with Gasteiger partial charge in [0, 0.05) is 16.7 Å². The Kier molecular flexibility index (Phi) is 4.99. The third kappa shape index (κ3) is 3.94. The van der Waals surface area contributed by atoms with Crippen LogP contribution in [0.5, 0.6) is 5.75 Å². The second kappa shape index (κ2) is 8.25. The van der Waals surface area contributed by atoms with Gasteiger partial charge in [-0.3, -0.25) is 0 Å². The van der Waals surface area contributed by atoms with E-state index in [-0.39, 0.29) is 5.75 Å². The summed E-state index contributed by atoms with van der Waals surface area (Å²) < 4.78 is 0. The Morgan fingerprint density at radius 3 is 1.65 bits per heavy atom. The zero-order valence-electron chi connectivity index (χ0n) is 16.8. The lowest BCUT2D eigenvalue weighted by Gasteiger charge is -2.13. The van der Waals surface area contributed by atoms with Gasteiger partial charge in [0.15, 0.2) is 5.82 Å². The molecule has 0 bridgehead atoms. The highest BCUT2D eigenvalue weighted by Crippen LogP contribution is 2.36. The van der Waals surface area contributed by atoms with E-state index in [1.165, 1.54) is 0 Å². The summed E-state index contributed by atoms with van der Waals surface area (Å²) in [6.45, 7) is 0. The van der Waals surface area contributed by atoms with Gasteiger partial charge in [0.25, 0.3) is 0 Å². The van der Waals surface area contributed by atoms with E-state index in [4.69, 9.17) is 9.97 Å². The Hall–Kier alpha value is -4.24. The molecule has 0 aliphatic carbocycles. The Labute approximate surface area is 181 Å². The first-order valence-electron chi connectivity index (χ1n) is 10.2. The van der Waals surface area contributed by atoms with Crippen molar-refractivity contribution in [2.75, 3.05) is 0 Å². The fourth-order valence-electron chi connectivity index (χ4n) is 3.67. The van der Waals surface area contributed by atoms with Crippen LogP contribution in [-0.4, -0.2) is 15.1 Å². The van der Waals surface area contributed by atoms with Crippen molar-refractivity contribution in [3.63, 3.8) is 0 Å². The molecule has 0 saturated heterocycles. The maximum absolute atomic E-state index is 10.2. The second-order valence-corrected chi connectivity index (χ2v) is 7.29. The lowest BCUT2D eigenvalue weighted by Crippen LogP contribution is -1.97. The first-order chi connectivity index (χ1) is 15.3. The Morgan fingerprint density at radius 2 is 1.00 bits per heavy atom.